The molecule has 0 spiro atoms. The van der Waals surface area contributed by atoms with Gasteiger partial charge in [-0.05, 0) is 59.9 Å². The smallest absolute Gasteiger partial charge is 0.326 e. The Morgan fingerprint density at radius 1 is 1.05 bits per heavy atom. The summed E-state index contributed by atoms with van der Waals surface area (Å²) in [6, 6.07) is 18.0. The second kappa shape index (κ2) is 11.5. The maximum atomic E-state index is 13.2. The molecule has 0 radical (unpaired) electrons. The Morgan fingerprint density at radius 3 is 2.37 bits per heavy atom. The summed E-state index contributed by atoms with van der Waals surface area (Å²) in [5.41, 5.74) is 2.90. The van der Waals surface area contributed by atoms with Crippen LogP contribution < -0.4 is 5.32 Å². The van der Waals surface area contributed by atoms with E-state index in [4.69, 9.17) is 28.5 Å². The van der Waals surface area contributed by atoms with Gasteiger partial charge in [0.25, 0.3) is 0 Å². The van der Waals surface area contributed by atoms with Crippen molar-refractivity contribution >= 4 is 45.1 Å². The van der Waals surface area contributed by atoms with Gasteiger partial charge in [-0.1, -0.05) is 59.6 Å². The first-order valence-electron chi connectivity index (χ1n) is 11.7. The Morgan fingerprint density at radius 2 is 1.74 bits per heavy atom. The van der Waals surface area contributed by atoms with E-state index < -0.39 is 34.0 Å². The van der Waals surface area contributed by atoms with Crippen molar-refractivity contribution in [2.24, 2.45) is 0 Å². The topological polar surface area (TPSA) is 128 Å². The van der Waals surface area contributed by atoms with Gasteiger partial charge in [0.05, 0.1) is 16.5 Å². The van der Waals surface area contributed by atoms with Gasteiger partial charge in [-0.25, -0.2) is 13.2 Å². The highest BCUT2D eigenvalue weighted by Crippen LogP contribution is 2.30. The Bertz CT molecular complexity index is 1500. The summed E-state index contributed by atoms with van der Waals surface area (Å²) < 4.78 is 27.6. The Balaban J connectivity index is 1.48. The summed E-state index contributed by atoms with van der Waals surface area (Å²) in [6.45, 7) is 0.108. The van der Waals surface area contributed by atoms with E-state index in [0.29, 0.717) is 17.5 Å². The first-order chi connectivity index (χ1) is 18.1. The number of carbonyl (C=O) groups is 2. The number of halogens is 2. The van der Waals surface area contributed by atoms with Crippen molar-refractivity contribution < 1.29 is 23.1 Å². The van der Waals surface area contributed by atoms with Crippen LogP contribution in [0.5, 0.6) is 0 Å². The molecule has 1 amide bonds. The van der Waals surface area contributed by atoms with Crippen molar-refractivity contribution in [3.8, 4) is 17.2 Å². The van der Waals surface area contributed by atoms with E-state index in [0.717, 1.165) is 15.4 Å². The summed E-state index contributed by atoms with van der Waals surface area (Å²) in [7, 11) is -4.09. The monoisotopic (exact) mass is 571 g/mol. The van der Waals surface area contributed by atoms with E-state index in [9.17, 15) is 23.1 Å². The third-order valence-electron chi connectivity index (χ3n) is 6.28. The molecule has 1 aliphatic heterocycles. The number of sulfonamides is 1. The molecule has 2 atom stereocenters. The zero-order chi connectivity index (χ0) is 27.4. The van der Waals surface area contributed by atoms with Gasteiger partial charge >= 0.3 is 5.97 Å². The Labute approximate surface area is 230 Å². The summed E-state index contributed by atoms with van der Waals surface area (Å²) >= 11 is 12.0. The van der Waals surface area contributed by atoms with Gasteiger partial charge in [-0.15, -0.1) is 0 Å². The van der Waals surface area contributed by atoms with E-state index in [1.807, 2.05) is 18.2 Å². The fourth-order valence-corrected chi connectivity index (χ4v) is 6.79. The second-order valence-corrected chi connectivity index (χ2v) is 11.6. The zero-order valence-corrected chi connectivity index (χ0v) is 22.3. The molecular weight excluding hydrogens is 549 g/mol. The molecule has 3 aromatic carbocycles. The quantitative estimate of drug-likeness (QED) is 0.409. The number of hydrogen-bond acceptors (Lipinski definition) is 5. The number of nitrogens with one attached hydrogen (secondary N) is 1. The molecule has 3 aromatic rings. The number of carbonyl (C=O) groups excluding carboxylic acids is 1. The highest BCUT2D eigenvalue weighted by atomic mass is 35.5. The minimum Gasteiger partial charge on any atom is -0.480 e. The number of nitrogens with zero attached hydrogens (tertiary/aromatic N) is 2. The lowest BCUT2D eigenvalue weighted by Crippen LogP contribution is -2.51. The van der Waals surface area contributed by atoms with Gasteiger partial charge in [0.1, 0.15) is 12.1 Å². The molecule has 4 rings (SSSR count). The number of hydrogen-bond donors (Lipinski definition) is 2. The van der Waals surface area contributed by atoms with Crippen molar-refractivity contribution in [2.75, 3.05) is 6.54 Å². The molecule has 1 aliphatic rings. The highest BCUT2D eigenvalue weighted by Gasteiger charge is 2.40. The number of amides is 1. The maximum absolute atomic E-state index is 13.2. The standard InChI is InChI=1S/C27H23Cl2N3O5S/c28-21-13-22(29)15-23(14-21)38(36,37)32-10-2-5-25(32)26(33)31-24(27(34)35)12-17-6-8-19(9-7-17)20-4-1-3-18(11-20)16-30/h1,3-4,6-9,11,13-15,24-25H,2,5,10,12H2,(H,31,33)(H,34,35)/t24-,25-/m0/s1. The van der Waals surface area contributed by atoms with Gasteiger partial charge in [0.15, 0.2) is 0 Å². The average Bonchev–Trinajstić information content (AvgIpc) is 3.39. The van der Waals surface area contributed by atoms with E-state index in [-0.39, 0.29) is 34.3 Å². The third kappa shape index (κ3) is 6.17. The number of carboxylic acid groups (broad SMARTS) is 1. The number of aliphatic carboxylic acids is 1. The second-order valence-electron chi connectivity index (χ2n) is 8.87. The molecule has 0 bridgehead atoms. The SMILES string of the molecule is N#Cc1cccc(-c2ccc(C[C@H](NC(=O)[C@@H]3CCCN3S(=O)(=O)c3cc(Cl)cc(Cl)c3)C(=O)O)cc2)c1. The number of nitriles is 1. The highest BCUT2D eigenvalue weighted by molar-refractivity contribution is 7.89. The zero-order valence-electron chi connectivity index (χ0n) is 20.0. The molecule has 196 valence electrons. The van der Waals surface area contributed by atoms with Crippen molar-refractivity contribution in [3.05, 3.63) is 87.9 Å². The molecule has 38 heavy (non-hydrogen) atoms. The first kappa shape index (κ1) is 27.6. The molecule has 1 fully saturated rings. The van der Waals surface area contributed by atoms with Crippen molar-refractivity contribution in [1.29, 1.82) is 5.26 Å². The van der Waals surface area contributed by atoms with Crippen LogP contribution in [0.4, 0.5) is 0 Å². The molecule has 1 heterocycles. The van der Waals surface area contributed by atoms with Crippen LogP contribution in [-0.4, -0.2) is 48.3 Å². The van der Waals surface area contributed by atoms with E-state index in [1.165, 1.54) is 18.2 Å². The van der Waals surface area contributed by atoms with Gasteiger partial charge in [0, 0.05) is 23.0 Å². The lowest BCUT2D eigenvalue weighted by Gasteiger charge is -2.25. The largest absolute Gasteiger partial charge is 0.480 e. The normalized spacial score (nSPS) is 16.5. The first-order valence-corrected chi connectivity index (χ1v) is 13.9. The molecule has 1 saturated heterocycles. The van der Waals surface area contributed by atoms with Crippen LogP contribution in [0.2, 0.25) is 10.0 Å². The predicted molar refractivity (Wildman–Crippen MR) is 143 cm³/mol. The van der Waals surface area contributed by atoms with Crippen LogP contribution in [0.15, 0.2) is 71.6 Å². The van der Waals surface area contributed by atoms with Crippen LogP contribution in [0.25, 0.3) is 11.1 Å². The lowest BCUT2D eigenvalue weighted by atomic mass is 9.99. The average molecular weight is 572 g/mol. The minimum absolute atomic E-state index is 0.00294. The predicted octanol–water partition coefficient (Wildman–Crippen LogP) is 4.50. The Hall–Kier alpha value is -3.42. The van der Waals surface area contributed by atoms with Crippen LogP contribution in [0, 0.1) is 11.3 Å². The van der Waals surface area contributed by atoms with Gasteiger partial charge < -0.3 is 10.4 Å². The summed E-state index contributed by atoms with van der Waals surface area (Å²) in [5.74, 6) is -1.92. The van der Waals surface area contributed by atoms with Gasteiger partial charge in [-0.3, -0.25) is 4.79 Å². The van der Waals surface area contributed by atoms with Gasteiger partial charge in [-0.2, -0.15) is 9.57 Å². The van der Waals surface area contributed by atoms with Crippen LogP contribution >= 0.6 is 23.2 Å². The molecular formula is C27H23Cl2N3O5S. The molecule has 11 heteroatoms. The third-order valence-corrected chi connectivity index (χ3v) is 8.60. The molecule has 0 unspecified atom stereocenters. The van der Waals surface area contributed by atoms with Crippen LogP contribution in [0.3, 0.4) is 0 Å². The summed E-state index contributed by atoms with van der Waals surface area (Å²) in [6.07, 6.45) is 0.697. The van der Waals surface area contributed by atoms with E-state index in [1.54, 1.807) is 30.3 Å². The number of benzene rings is 3. The van der Waals surface area contributed by atoms with Crippen LogP contribution in [-0.2, 0) is 26.0 Å². The maximum Gasteiger partial charge on any atom is 0.326 e. The number of rotatable bonds is 8. The molecule has 0 aromatic heterocycles. The fourth-order valence-electron chi connectivity index (χ4n) is 4.41. The Kier molecular flexibility index (Phi) is 8.38. The summed E-state index contributed by atoms with van der Waals surface area (Å²) in [4.78, 5) is 25.0. The molecule has 8 nitrogen and oxygen atoms in total. The van der Waals surface area contributed by atoms with Crippen molar-refractivity contribution in [1.82, 2.24) is 9.62 Å². The fraction of sp³-hybridized carbons (Fsp3) is 0.222. The van der Waals surface area contributed by atoms with Crippen LogP contribution in [0.1, 0.15) is 24.0 Å². The molecule has 0 aliphatic carbocycles. The van der Waals surface area contributed by atoms with E-state index in [2.05, 4.69) is 11.4 Å². The number of carboxylic acids is 1. The van der Waals surface area contributed by atoms with Crippen molar-refractivity contribution in [2.45, 2.75) is 36.2 Å². The lowest BCUT2D eigenvalue weighted by molar-refractivity contribution is -0.142. The minimum atomic E-state index is -4.09. The van der Waals surface area contributed by atoms with Crippen molar-refractivity contribution in [3.63, 3.8) is 0 Å². The molecule has 0 saturated carbocycles. The van der Waals surface area contributed by atoms with Gasteiger partial charge in [0.2, 0.25) is 15.9 Å². The summed E-state index contributed by atoms with van der Waals surface area (Å²) in [5, 5.41) is 21.7. The molecule has 2 N–H and O–H groups in total. The van der Waals surface area contributed by atoms with E-state index >= 15 is 0 Å².